The Hall–Kier alpha value is -1.84. The summed E-state index contributed by atoms with van der Waals surface area (Å²) in [6.07, 6.45) is 2.72. The predicted octanol–water partition coefficient (Wildman–Crippen LogP) is 0.0501. The Labute approximate surface area is 167 Å². The molecule has 4 heterocycles. The van der Waals surface area contributed by atoms with Gasteiger partial charge in [-0.25, -0.2) is 4.79 Å². The van der Waals surface area contributed by atoms with Crippen LogP contribution in [0.1, 0.15) is 26.7 Å². The summed E-state index contributed by atoms with van der Waals surface area (Å²) in [5, 5.41) is 26.0. The summed E-state index contributed by atoms with van der Waals surface area (Å²) >= 11 is 1.52. The quantitative estimate of drug-likeness (QED) is 0.376. The van der Waals surface area contributed by atoms with Gasteiger partial charge in [0, 0.05) is 40.8 Å². The number of amides is 2. The van der Waals surface area contributed by atoms with Crippen molar-refractivity contribution in [3.63, 3.8) is 0 Å². The van der Waals surface area contributed by atoms with Gasteiger partial charge in [-0.3, -0.25) is 9.59 Å². The highest BCUT2D eigenvalue weighted by molar-refractivity contribution is 8.03. The Morgan fingerprint density at radius 2 is 2.14 bits per heavy atom. The molecular weight excluding hydrogens is 382 g/mol. The Balaban J connectivity index is 1.49. The largest absolute Gasteiger partial charge is 0.477 e. The number of fused-ring (bicyclic) bond motifs is 1. The third-order valence-corrected chi connectivity index (χ3v) is 7.61. The molecule has 152 valence electrons. The van der Waals surface area contributed by atoms with Crippen LogP contribution in [-0.2, 0) is 14.4 Å². The number of aliphatic hydroxyl groups excluding tert-OH is 1. The molecule has 0 spiro atoms. The number of nitrogens with one attached hydrogen (secondary N) is 2. The molecule has 8 nitrogen and oxygen atoms in total. The fourth-order valence-corrected chi connectivity index (χ4v) is 6.24. The van der Waals surface area contributed by atoms with Gasteiger partial charge in [0.25, 0.3) is 0 Å². The molecule has 4 N–H and O–H groups in total. The highest BCUT2D eigenvalue weighted by atomic mass is 32.2. The first-order chi connectivity index (χ1) is 13.3. The van der Waals surface area contributed by atoms with Crippen LogP contribution in [0, 0.1) is 11.8 Å². The smallest absolute Gasteiger partial charge is 0.353 e. The van der Waals surface area contributed by atoms with E-state index in [-0.39, 0.29) is 40.8 Å². The van der Waals surface area contributed by atoms with Crippen LogP contribution in [0.4, 0.5) is 0 Å². The van der Waals surface area contributed by atoms with Gasteiger partial charge in [-0.05, 0) is 19.8 Å². The molecule has 4 rings (SSSR count). The number of carbonyl (C=O) groups is 3. The Morgan fingerprint density at radius 3 is 2.75 bits per heavy atom. The average Bonchev–Trinajstić information content (AvgIpc) is 3.28. The summed E-state index contributed by atoms with van der Waals surface area (Å²) in [6.45, 7) is 4.90. The number of rotatable bonds is 5. The highest BCUT2D eigenvalue weighted by Crippen LogP contribution is 2.51. The van der Waals surface area contributed by atoms with Gasteiger partial charge in [-0.1, -0.05) is 13.0 Å². The van der Waals surface area contributed by atoms with E-state index in [0.29, 0.717) is 18.0 Å². The molecule has 0 aromatic carbocycles. The van der Waals surface area contributed by atoms with Crippen molar-refractivity contribution in [2.24, 2.45) is 11.8 Å². The number of aliphatic hydroxyl groups is 1. The minimum Gasteiger partial charge on any atom is -0.477 e. The zero-order chi connectivity index (χ0) is 20.2. The van der Waals surface area contributed by atoms with E-state index in [9.17, 15) is 24.6 Å². The zero-order valence-electron chi connectivity index (χ0n) is 15.8. The number of hydrogen-bond acceptors (Lipinski definition) is 6. The van der Waals surface area contributed by atoms with Crippen molar-refractivity contribution in [1.29, 1.82) is 0 Å². The van der Waals surface area contributed by atoms with Crippen molar-refractivity contribution < 1.29 is 24.6 Å². The van der Waals surface area contributed by atoms with Crippen molar-refractivity contribution in [1.82, 2.24) is 15.5 Å². The molecule has 0 saturated carbocycles. The maximum atomic E-state index is 12.4. The lowest BCUT2D eigenvalue weighted by atomic mass is 9.79. The van der Waals surface area contributed by atoms with Gasteiger partial charge in [-0.2, -0.15) is 0 Å². The van der Waals surface area contributed by atoms with E-state index in [1.165, 1.54) is 16.7 Å². The number of aliphatic carboxylic acids is 1. The molecule has 4 aliphatic rings. The maximum absolute atomic E-state index is 12.4. The lowest BCUT2D eigenvalue weighted by Crippen LogP contribution is -2.63. The number of thioether (sulfide) groups is 1. The molecule has 3 saturated heterocycles. The normalized spacial score (nSPS) is 37.3. The lowest BCUT2D eigenvalue weighted by molar-refractivity contribution is -0.163. The van der Waals surface area contributed by atoms with Crippen LogP contribution in [0.25, 0.3) is 0 Å². The first kappa shape index (κ1) is 19.5. The van der Waals surface area contributed by atoms with Crippen molar-refractivity contribution in [2.45, 2.75) is 50.1 Å². The third kappa shape index (κ3) is 3.05. The lowest BCUT2D eigenvalue weighted by Gasteiger charge is -2.46. The number of carbonyl (C=O) groups excluding carboxylic acids is 2. The van der Waals surface area contributed by atoms with Gasteiger partial charge in [0.2, 0.25) is 11.8 Å². The van der Waals surface area contributed by atoms with Crippen LogP contribution in [0.15, 0.2) is 22.3 Å². The van der Waals surface area contributed by atoms with E-state index in [1.54, 1.807) is 6.92 Å². The third-order valence-electron chi connectivity index (χ3n) is 6.10. The van der Waals surface area contributed by atoms with E-state index in [1.807, 2.05) is 13.0 Å². The number of β-lactam (4-membered cyclic amide) rings is 1. The van der Waals surface area contributed by atoms with Gasteiger partial charge in [0.15, 0.2) is 0 Å². The Kier molecular flexibility index (Phi) is 5.01. The molecule has 3 fully saturated rings. The van der Waals surface area contributed by atoms with Gasteiger partial charge >= 0.3 is 5.97 Å². The van der Waals surface area contributed by atoms with Gasteiger partial charge in [0.1, 0.15) is 5.70 Å². The van der Waals surface area contributed by atoms with E-state index in [4.69, 9.17) is 0 Å². The molecule has 0 aromatic heterocycles. The summed E-state index contributed by atoms with van der Waals surface area (Å²) in [7, 11) is 0. The molecule has 0 aromatic rings. The second-order valence-corrected chi connectivity index (χ2v) is 9.30. The number of carboxylic acid groups (broad SMARTS) is 1. The molecule has 0 unspecified atom stereocenters. The minimum atomic E-state index is -1.10. The molecular formula is C19H25N3O5S. The maximum Gasteiger partial charge on any atom is 0.353 e. The molecule has 0 radical (unpaired) electrons. The first-order valence-corrected chi connectivity index (χ1v) is 10.5. The topological polar surface area (TPSA) is 119 Å². The second kappa shape index (κ2) is 7.20. The van der Waals surface area contributed by atoms with Crippen LogP contribution in [0.2, 0.25) is 0 Å². The van der Waals surface area contributed by atoms with Crippen LogP contribution >= 0.6 is 11.8 Å². The van der Waals surface area contributed by atoms with Crippen LogP contribution in [0.3, 0.4) is 0 Å². The highest BCUT2D eigenvalue weighted by Gasteiger charge is 2.60. The summed E-state index contributed by atoms with van der Waals surface area (Å²) in [5.41, 5.74) is 0.874. The van der Waals surface area contributed by atoms with E-state index >= 15 is 0 Å². The van der Waals surface area contributed by atoms with E-state index in [2.05, 4.69) is 10.6 Å². The monoisotopic (exact) mass is 407 g/mol. The first-order valence-electron chi connectivity index (χ1n) is 9.67. The standard InChI is InChI=1S/C19H25N3O5S/c1-8-14-13(9(2)23)18(25)22(14)15(19(26)27)16(8)28-12-6-11(21-7-12)5-10-3-4-20-17(10)24/h5,8-9,11-14,21,23H,3-4,6-7H2,1-2H3,(H,20,24)(H,26,27)/b10-5-/t8-,9-,11-,12+,13-,14-/m1/s1. The van der Waals surface area contributed by atoms with Crippen molar-refractivity contribution >= 4 is 29.5 Å². The molecule has 9 heteroatoms. The number of nitrogens with zero attached hydrogens (tertiary/aromatic N) is 1. The van der Waals surface area contributed by atoms with Crippen LogP contribution in [-0.4, -0.2) is 69.4 Å². The summed E-state index contributed by atoms with van der Waals surface area (Å²) in [6, 6.07) is -0.193. The molecule has 2 amide bonds. The SMILES string of the molecule is C[C@@H](O)[C@H]1C(=O)N2C(C(=O)O)=C(S[C@@H]3CN[C@H](/C=C4/CCNC4=O)C3)[C@H](C)[C@H]12. The fraction of sp³-hybridized carbons (Fsp3) is 0.632. The number of hydrogen-bond donors (Lipinski definition) is 4. The van der Waals surface area contributed by atoms with Crippen LogP contribution in [0.5, 0.6) is 0 Å². The van der Waals surface area contributed by atoms with E-state index in [0.717, 1.165) is 18.4 Å². The van der Waals surface area contributed by atoms with Crippen LogP contribution < -0.4 is 10.6 Å². The molecule has 0 bridgehead atoms. The Bertz CT molecular complexity index is 792. The van der Waals surface area contributed by atoms with Gasteiger partial charge < -0.3 is 25.7 Å². The summed E-state index contributed by atoms with van der Waals surface area (Å²) in [5.74, 6) is -2.07. The molecule has 4 aliphatic heterocycles. The predicted molar refractivity (Wildman–Crippen MR) is 103 cm³/mol. The minimum absolute atomic E-state index is 0.00903. The molecule has 6 atom stereocenters. The van der Waals surface area contributed by atoms with E-state index < -0.39 is 18.0 Å². The fourth-order valence-electron chi connectivity index (χ4n) is 4.75. The van der Waals surface area contributed by atoms with Gasteiger partial charge in [-0.15, -0.1) is 11.8 Å². The second-order valence-electron chi connectivity index (χ2n) is 7.96. The molecule has 28 heavy (non-hydrogen) atoms. The van der Waals surface area contributed by atoms with Crippen molar-refractivity contribution in [3.8, 4) is 0 Å². The molecule has 0 aliphatic carbocycles. The summed E-state index contributed by atoms with van der Waals surface area (Å²) in [4.78, 5) is 38.1. The van der Waals surface area contributed by atoms with Gasteiger partial charge in [0.05, 0.1) is 18.1 Å². The Morgan fingerprint density at radius 1 is 1.39 bits per heavy atom. The summed E-state index contributed by atoms with van der Waals surface area (Å²) < 4.78 is 0. The number of carboxylic acids is 1. The average molecular weight is 407 g/mol. The zero-order valence-corrected chi connectivity index (χ0v) is 16.7. The van der Waals surface area contributed by atoms with Crippen molar-refractivity contribution in [2.75, 3.05) is 13.1 Å². The van der Waals surface area contributed by atoms with Crippen molar-refractivity contribution in [3.05, 3.63) is 22.3 Å².